The van der Waals surface area contributed by atoms with E-state index in [9.17, 15) is 33.0 Å². The van der Waals surface area contributed by atoms with Crippen LogP contribution in [-0.2, 0) is 23.8 Å². The Hall–Kier alpha value is -2.32. The van der Waals surface area contributed by atoms with Crippen molar-refractivity contribution in [3.05, 3.63) is 38.7 Å². The lowest BCUT2D eigenvalue weighted by atomic mass is 10.1. The minimum Gasteiger partial charge on any atom is -0.478 e. The first-order valence-electron chi connectivity index (χ1n) is 7.12. The Morgan fingerprint density at radius 3 is 2.65 bits per heavy atom. The number of nitrogens with one attached hydrogen (secondary N) is 1. The Bertz CT molecular complexity index is 931. The summed E-state index contributed by atoms with van der Waals surface area (Å²) in [6.45, 7) is -0.711. The molecule has 12 nitrogen and oxygen atoms in total. The summed E-state index contributed by atoms with van der Waals surface area (Å²) in [6, 6.07) is 0. The number of carbonyl (C=O) groups is 1. The molecule has 0 saturated carbocycles. The average Bonchev–Trinajstić information content (AvgIpc) is 2.81. The van der Waals surface area contributed by atoms with Crippen LogP contribution in [-0.4, -0.2) is 70.4 Å². The van der Waals surface area contributed by atoms with Crippen LogP contribution in [0.2, 0.25) is 0 Å². The number of aliphatic hydroxyl groups excluding tert-OH is 2. The number of aliphatic carboxylic acids is 1. The van der Waals surface area contributed by atoms with Crippen LogP contribution in [0.4, 0.5) is 0 Å². The first-order valence-corrected chi connectivity index (χ1v) is 8.94. The number of carboxylic acid groups (broad SMARTS) is 1. The van der Waals surface area contributed by atoms with Crippen LogP contribution in [0.15, 0.2) is 21.9 Å². The Kier molecular flexibility index (Phi) is 5.77. The summed E-state index contributed by atoms with van der Waals surface area (Å²) in [7, 11) is -4.00. The van der Waals surface area contributed by atoms with E-state index in [1.807, 2.05) is 4.98 Å². The summed E-state index contributed by atoms with van der Waals surface area (Å²) < 4.78 is 33.3. The number of hydrogen-bond acceptors (Lipinski definition) is 9. The standard InChI is InChI=1S/C13H16N2O10S/c1-26(22,23)25-10-7(5-16)24-12(9(10)19)15-4-6(2-3-8(17)18)11(20)14-13(15)21/h2-4,7,9-10,12,16,19H,5H2,1H3,(H,17,18)(H,14,20,21)/b3-2+/t7-,9-,10+,12-/m1/s1. The second kappa shape index (κ2) is 7.51. The highest BCUT2D eigenvalue weighted by atomic mass is 32.2. The first-order chi connectivity index (χ1) is 12.0. The Balaban J connectivity index is 2.44. The number of hydrogen-bond donors (Lipinski definition) is 4. The molecule has 1 saturated heterocycles. The molecule has 1 aromatic rings. The van der Waals surface area contributed by atoms with Crippen LogP contribution in [0.1, 0.15) is 11.8 Å². The Morgan fingerprint density at radius 1 is 1.46 bits per heavy atom. The molecule has 0 amide bonds. The molecule has 2 heterocycles. The Labute approximate surface area is 146 Å². The summed E-state index contributed by atoms with van der Waals surface area (Å²) >= 11 is 0. The molecule has 4 atom stereocenters. The number of aliphatic hydroxyl groups is 2. The van der Waals surface area contributed by atoms with E-state index >= 15 is 0 Å². The lowest BCUT2D eigenvalue weighted by Crippen LogP contribution is -2.40. The molecule has 1 aliphatic rings. The van der Waals surface area contributed by atoms with Gasteiger partial charge in [-0.15, -0.1) is 0 Å². The number of ether oxygens (including phenoxy) is 1. The number of aromatic nitrogens is 2. The second-order valence-electron chi connectivity index (χ2n) is 5.43. The van der Waals surface area contributed by atoms with Gasteiger partial charge in [0.15, 0.2) is 6.23 Å². The van der Waals surface area contributed by atoms with Gasteiger partial charge >= 0.3 is 11.7 Å². The highest BCUT2D eigenvalue weighted by Gasteiger charge is 2.47. The monoisotopic (exact) mass is 392 g/mol. The highest BCUT2D eigenvalue weighted by molar-refractivity contribution is 7.86. The van der Waals surface area contributed by atoms with Gasteiger partial charge in [0.25, 0.3) is 15.7 Å². The Morgan fingerprint density at radius 2 is 2.12 bits per heavy atom. The zero-order valence-electron chi connectivity index (χ0n) is 13.3. The van der Waals surface area contributed by atoms with Crippen molar-refractivity contribution in [1.82, 2.24) is 9.55 Å². The van der Waals surface area contributed by atoms with Crippen molar-refractivity contribution >= 4 is 22.2 Å². The van der Waals surface area contributed by atoms with Crippen LogP contribution in [0.25, 0.3) is 6.08 Å². The summed E-state index contributed by atoms with van der Waals surface area (Å²) in [6.07, 6.45) is -2.65. The number of H-pyrrole nitrogens is 1. The van der Waals surface area contributed by atoms with Gasteiger partial charge in [0, 0.05) is 12.3 Å². The van der Waals surface area contributed by atoms with E-state index in [2.05, 4.69) is 0 Å². The van der Waals surface area contributed by atoms with Gasteiger partial charge in [-0.25, -0.2) is 9.59 Å². The van der Waals surface area contributed by atoms with E-state index < -0.39 is 58.5 Å². The molecule has 26 heavy (non-hydrogen) atoms. The molecule has 13 heteroatoms. The maximum Gasteiger partial charge on any atom is 0.330 e. The van der Waals surface area contributed by atoms with Crippen molar-refractivity contribution in [3.8, 4) is 0 Å². The summed E-state index contributed by atoms with van der Waals surface area (Å²) in [5, 5.41) is 28.2. The van der Waals surface area contributed by atoms with Crippen molar-refractivity contribution in [2.45, 2.75) is 24.5 Å². The smallest absolute Gasteiger partial charge is 0.330 e. The van der Waals surface area contributed by atoms with Gasteiger partial charge in [-0.1, -0.05) is 0 Å². The predicted molar refractivity (Wildman–Crippen MR) is 84.7 cm³/mol. The molecule has 144 valence electrons. The molecule has 0 spiro atoms. The van der Waals surface area contributed by atoms with Gasteiger partial charge in [0.05, 0.1) is 18.4 Å². The maximum absolute atomic E-state index is 12.0. The van der Waals surface area contributed by atoms with Crippen LogP contribution in [0.5, 0.6) is 0 Å². The number of aromatic amines is 1. The van der Waals surface area contributed by atoms with Crippen LogP contribution < -0.4 is 11.2 Å². The molecular formula is C13H16N2O10S. The van der Waals surface area contributed by atoms with Gasteiger partial charge in [-0.3, -0.25) is 18.5 Å². The third-order valence-electron chi connectivity index (χ3n) is 3.45. The van der Waals surface area contributed by atoms with Crippen molar-refractivity contribution < 1.29 is 37.5 Å². The minimum absolute atomic E-state index is 0.226. The number of nitrogens with zero attached hydrogens (tertiary/aromatic N) is 1. The van der Waals surface area contributed by atoms with Gasteiger partial charge in [0.2, 0.25) is 0 Å². The van der Waals surface area contributed by atoms with E-state index in [1.54, 1.807) is 0 Å². The van der Waals surface area contributed by atoms with Gasteiger partial charge in [-0.2, -0.15) is 8.42 Å². The maximum atomic E-state index is 12.0. The van der Waals surface area contributed by atoms with Crippen molar-refractivity contribution in [2.24, 2.45) is 0 Å². The molecule has 4 N–H and O–H groups in total. The lowest BCUT2D eigenvalue weighted by Gasteiger charge is -2.19. The van der Waals surface area contributed by atoms with Crippen LogP contribution >= 0.6 is 0 Å². The fraction of sp³-hybridized carbons (Fsp3) is 0.462. The summed E-state index contributed by atoms with van der Waals surface area (Å²) in [4.78, 5) is 36.2. The van der Waals surface area contributed by atoms with Gasteiger partial charge in [0.1, 0.15) is 18.3 Å². The predicted octanol–water partition coefficient (Wildman–Crippen LogP) is -2.77. The van der Waals surface area contributed by atoms with Crippen molar-refractivity contribution in [1.29, 1.82) is 0 Å². The molecule has 0 bridgehead atoms. The molecular weight excluding hydrogens is 376 g/mol. The molecule has 1 aliphatic heterocycles. The molecule has 1 fully saturated rings. The molecule has 1 aromatic heterocycles. The SMILES string of the molecule is CS(=O)(=O)O[C@@H]1[C@@H](O)[C@H](n2cc(/C=C/C(=O)O)c(=O)[nH]c2=O)O[C@@H]1CO. The van der Waals surface area contributed by atoms with E-state index in [0.717, 1.165) is 23.1 Å². The lowest BCUT2D eigenvalue weighted by molar-refractivity contribution is -0.131. The van der Waals surface area contributed by atoms with E-state index in [0.29, 0.717) is 6.08 Å². The normalized spacial score (nSPS) is 26.4. The van der Waals surface area contributed by atoms with E-state index in [-0.39, 0.29) is 5.56 Å². The van der Waals surface area contributed by atoms with Gasteiger partial charge < -0.3 is 20.1 Å². The molecule has 0 unspecified atom stereocenters. The fourth-order valence-corrected chi connectivity index (χ4v) is 3.03. The second-order valence-corrected chi connectivity index (χ2v) is 7.03. The molecule has 0 aliphatic carbocycles. The molecule has 2 rings (SSSR count). The quantitative estimate of drug-likeness (QED) is 0.292. The minimum atomic E-state index is -4.00. The number of carboxylic acids is 1. The average molecular weight is 392 g/mol. The first kappa shape index (κ1) is 20.0. The zero-order chi connectivity index (χ0) is 19.6. The van der Waals surface area contributed by atoms with Gasteiger partial charge in [-0.05, 0) is 6.08 Å². The third kappa shape index (κ3) is 4.44. The number of rotatable bonds is 6. The van der Waals surface area contributed by atoms with Crippen LogP contribution in [0.3, 0.4) is 0 Å². The van der Waals surface area contributed by atoms with Crippen molar-refractivity contribution in [2.75, 3.05) is 12.9 Å². The molecule has 0 radical (unpaired) electrons. The summed E-state index contributed by atoms with van der Waals surface area (Å²) in [5.74, 6) is -1.33. The van der Waals surface area contributed by atoms with Crippen LogP contribution in [0, 0.1) is 0 Å². The fourth-order valence-electron chi connectivity index (χ4n) is 2.39. The van der Waals surface area contributed by atoms with E-state index in [4.69, 9.17) is 14.0 Å². The summed E-state index contributed by atoms with van der Waals surface area (Å²) in [5.41, 5.74) is -2.10. The third-order valence-corrected chi connectivity index (χ3v) is 4.02. The highest BCUT2D eigenvalue weighted by Crippen LogP contribution is 2.31. The topological polar surface area (TPSA) is 185 Å². The van der Waals surface area contributed by atoms with E-state index in [1.165, 1.54) is 0 Å². The zero-order valence-corrected chi connectivity index (χ0v) is 14.1. The largest absolute Gasteiger partial charge is 0.478 e. The van der Waals surface area contributed by atoms with Crippen molar-refractivity contribution in [3.63, 3.8) is 0 Å². The molecule has 0 aromatic carbocycles.